The molecule has 1 aliphatic rings. The molecular weight excluding hydrogens is 455 g/mol. The van der Waals surface area contributed by atoms with Gasteiger partial charge in [0.1, 0.15) is 10.6 Å². The Balaban J connectivity index is 1.91. The van der Waals surface area contributed by atoms with Crippen molar-refractivity contribution in [2.45, 2.75) is 61.6 Å². The lowest BCUT2D eigenvalue weighted by molar-refractivity contribution is -0.139. The van der Waals surface area contributed by atoms with Crippen LogP contribution in [0.25, 0.3) is 16.2 Å². The molecule has 1 aromatic carbocycles. The third kappa shape index (κ3) is 3.75. The molecule has 0 amide bonds. The number of aliphatic hydroxyl groups excluding tert-OH is 1. The Bertz CT molecular complexity index is 1270. The van der Waals surface area contributed by atoms with Crippen molar-refractivity contribution in [2.75, 3.05) is 0 Å². The summed E-state index contributed by atoms with van der Waals surface area (Å²) in [6.45, 7) is 4.75. The Morgan fingerprint density at radius 3 is 2.42 bits per heavy atom. The molecule has 168 valence electrons. The van der Waals surface area contributed by atoms with E-state index in [0.29, 0.717) is 21.4 Å². The number of benzene rings is 1. The van der Waals surface area contributed by atoms with Crippen LogP contribution < -0.4 is 0 Å². The minimum atomic E-state index is -4.86. The molecule has 7 nitrogen and oxygen atoms in total. The molecule has 4 rings (SSSR count). The zero-order valence-corrected chi connectivity index (χ0v) is 18.4. The van der Waals surface area contributed by atoms with Gasteiger partial charge in [0.2, 0.25) is 4.96 Å². The quantitative estimate of drug-likeness (QED) is 0.600. The van der Waals surface area contributed by atoms with Crippen LogP contribution in [0.15, 0.2) is 23.1 Å². The van der Waals surface area contributed by atoms with Gasteiger partial charge in [-0.25, -0.2) is 17.9 Å². The van der Waals surface area contributed by atoms with Crippen molar-refractivity contribution < 1.29 is 31.8 Å². The average molecular weight is 476 g/mol. The Labute approximate surface area is 180 Å². The fourth-order valence-corrected chi connectivity index (χ4v) is 6.58. The standard InChI is InChI=1S/C19H20F3N3O4S2/c1-9-15(25-17(23-9)30-16(24-25)18(2,3)27)10-4-5-13(19(20,21)22)14(6-10)31(28,29)12-7-11(26)8-12/h4-6,11-12,26-27H,7-8H2,1-3H3/t11-,12-. The first-order valence-corrected chi connectivity index (χ1v) is 11.8. The molecule has 12 heteroatoms. The summed E-state index contributed by atoms with van der Waals surface area (Å²) in [6, 6.07) is 2.94. The lowest BCUT2D eigenvalue weighted by Crippen LogP contribution is -2.40. The van der Waals surface area contributed by atoms with Crippen LogP contribution in [-0.2, 0) is 21.6 Å². The van der Waals surface area contributed by atoms with E-state index in [9.17, 15) is 31.8 Å². The lowest BCUT2D eigenvalue weighted by atomic mass is 9.96. The number of sulfone groups is 1. The summed E-state index contributed by atoms with van der Waals surface area (Å²) in [4.78, 5) is 3.97. The van der Waals surface area contributed by atoms with E-state index in [2.05, 4.69) is 10.1 Å². The number of aromatic nitrogens is 3. The van der Waals surface area contributed by atoms with E-state index in [4.69, 9.17) is 0 Å². The van der Waals surface area contributed by atoms with Crippen molar-refractivity contribution >= 4 is 26.1 Å². The minimum absolute atomic E-state index is 0.0964. The Morgan fingerprint density at radius 2 is 1.87 bits per heavy atom. The van der Waals surface area contributed by atoms with E-state index in [0.717, 1.165) is 23.5 Å². The van der Waals surface area contributed by atoms with Crippen LogP contribution in [0.1, 0.15) is 43.0 Å². The number of rotatable bonds is 4. The molecule has 2 aromatic heterocycles. The van der Waals surface area contributed by atoms with Crippen molar-refractivity contribution in [1.29, 1.82) is 0 Å². The van der Waals surface area contributed by atoms with E-state index >= 15 is 0 Å². The van der Waals surface area contributed by atoms with Crippen LogP contribution in [0.5, 0.6) is 0 Å². The fourth-order valence-electron chi connectivity index (χ4n) is 3.54. The van der Waals surface area contributed by atoms with Gasteiger partial charge in [-0.1, -0.05) is 17.4 Å². The number of fused-ring (bicyclic) bond motifs is 1. The zero-order chi connectivity index (χ0) is 22.9. The van der Waals surface area contributed by atoms with Gasteiger partial charge < -0.3 is 10.2 Å². The Morgan fingerprint density at radius 1 is 1.23 bits per heavy atom. The molecular formula is C19H20F3N3O4S2. The van der Waals surface area contributed by atoms with Crippen LogP contribution in [0.3, 0.4) is 0 Å². The first kappa shape index (κ1) is 22.2. The van der Waals surface area contributed by atoms with Crippen LogP contribution in [-0.4, -0.2) is 44.6 Å². The highest BCUT2D eigenvalue weighted by atomic mass is 32.2. The summed E-state index contributed by atoms with van der Waals surface area (Å²) in [7, 11) is -4.31. The van der Waals surface area contributed by atoms with Gasteiger partial charge in [-0.2, -0.15) is 18.3 Å². The van der Waals surface area contributed by atoms with Crippen LogP contribution >= 0.6 is 11.3 Å². The number of aliphatic hydroxyl groups is 2. The molecule has 0 saturated heterocycles. The zero-order valence-electron chi connectivity index (χ0n) is 16.8. The molecule has 0 bridgehead atoms. The Hall–Kier alpha value is -2.02. The topological polar surface area (TPSA) is 105 Å². The van der Waals surface area contributed by atoms with Gasteiger partial charge in [0.15, 0.2) is 9.84 Å². The summed E-state index contributed by atoms with van der Waals surface area (Å²) in [5.41, 5.74) is -1.46. The second-order valence-corrected chi connectivity index (χ2v) is 11.4. The van der Waals surface area contributed by atoms with Gasteiger partial charge in [-0.3, -0.25) is 0 Å². The molecule has 1 fully saturated rings. The third-order valence-corrected chi connectivity index (χ3v) is 8.71. The maximum atomic E-state index is 13.6. The second-order valence-electron chi connectivity index (χ2n) is 8.21. The fraction of sp³-hybridized carbons (Fsp3) is 0.474. The van der Waals surface area contributed by atoms with Gasteiger partial charge >= 0.3 is 6.18 Å². The normalized spacial score (nSPS) is 20.3. The molecule has 0 spiro atoms. The molecule has 1 aliphatic carbocycles. The van der Waals surface area contributed by atoms with Gasteiger partial charge in [-0.15, -0.1) is 0 Å². The summed E-state index contributed by atoms with van der Waals surface area (Å²) < 4.78 is 68.1. The highest BCUT2D eigenvalue weighted by Gasteiger charge is 2.44. The summed E-state index contributed by atoms with van der Waals surface area (Å²) in [5, 5.41) is 23.3. The first-order chi connectivity index (χ1) is 14.2. The van der Waals surface area contributed by atoms with E-state index < -0.39 is 43.4 Å². The first-order valence-electron chi connectivity index (χ1n) is 9.42. The van der Waals surface area contributed by atoms with Gasteiger partial charge in [-0.05, 0) is 45.7 Å². The Kier molecular flexibility index (Phi) is 5.00. The summed E-state index contributed by atoms with van der Waals surface area (Å²) in [6.07, 6.45) is -5.88. The number of nitrogens with zero attached hydrogens (tertiary/aromatic N) is 3. The number of halogens is 3. The maximum Gasteiger partial charge on any atom is 0.417 e. The molecule has 0 aliphatic heterocycles. The van der Waals surface area contributed by atoms with E-state index in [-0.39, 0.29) is 18.4 Å². The third-order valence-electron chi connectivity index (χ3n) is 5.28. The van der Waals surface area contributed by atoms with Crippen LogP contribution in [0, 0.1) is 6.92 Å². The van der Waals surface area contributed by atoms with Crippen molar-refractivity contribution in [3.8, 4) is 11.3 Å². The van der Waals surface area contributed by atoms with Gasteiger partial charge in [0.25, 0.3) is 0 Å². The molecule has 1 saturated carbocycles. The summed E-state index contributed by atoms with van der Waals surface area (Å²) >= 11 is 1.13. The minimum Gasteiger partial charge on any atom is -0.393 e. The molecule has 0 atom stereocenters. The number of hydrogen-bond acceptors (Lipinski definition) is 7. The maximum absolute atomic E-state index is 13.6. The molecule has 2 N–H and O–H groups in total. The highest BCUT2D eigenvalue weighted by Crippen LogP contribution is 2.41. The van der Waals surface area contributed by atoms with E-state index in [1.54, 1.807) is 20.8 Å². The van der Waals surface area contributed by atoms with Gasteiger partial charge in [0, 0.05) is 5.56 Å². The molecule has 31 heavy (non-hydrogen) atoms. The number of alkyl halides is 3. The predicted octanol–water partition coefficient (Wildman–Crippen LogP) is 3.31. The number of imidazole rings is 1. The molecule has 2 heterocycles. The van der Waals surface area contributed by atoms with Gasteiger partial charge in [0.05, 0.1) is 33.2 Å². The number of aryl methyl sites for hydroxylation is 1. The second kappa shape index (κ2) is 6.99. The largest absolute Gasteiger partial charge is 0.417 e. The smallest absolute Gasteiger partial charge is 0.393 e. The predicted molar refractivity (Wildman–Crippen MR) is 107 cm³/mol. The van der Waals surface area contributed by atoms with Crippen molar-refractivity contribution in [1.82, 2.24) is 14.6 Å². The van der Waals surface area contributed by atoms with Crippen LogP contribution in [0.2, 0.25) is 0 Å². The average Bonchev–Trinajstić information content (AvgIpc) is 3.14. The van der Waals surface area contributed by atoms with Crippen LogP contribution in [0.4, 0.5) is 13.2 Å². The molecule has 0 unspecified atom stereocenters. The highest BCUT2D eigenvalue weighted by molar-refractivity contribution is 7.92. The van der Waals surface area contributed by atoms with Crippen molar-refractivity contribution in [3.63, 3.8) is 0 Å². The molecule has 3 aromatic rings. The number of hydrogen-bond donors (Lipinski definition) is 2. The van der Waals surface area contributed by atoms with E-state index in [1.807, 2.05) is 0 Å². The summed E-state index contributed by atoms with van der Waals surface area (Å²) in [5.74, 6) is 0. The van der Waals surface area contributed by atoms with Crippen molar-refractivity contribution in [2.24, 2.45) is 0 Å². The molecule has 0 radical (unpaired) electrons. The van der Waals surface area contributed by atoms with Crippen molar-refractivity contribution in [3.05, 3.63) is 34.5 Å². The SMILES string of the molecule is Cc1nc2sc(C(C)(C)O)nn2c1-c1ccc(C(F)(F)F)c(S(=O)(=O)[C@H]2C[C@H](O)C2)c1. The van der Waals surface area contributed by atoms with E-state index in [1.165, 1.54) is 10.6 Å². The monoisotopic (exact) mass is 475 g/mol. The lowest BCUT2D eigenvalue weighted by Gasteiger charge is -2.31.